The minimum Gasteiger partial charge on any atom is -0.338 e. The van der Waals surface area contributed by atoms with Gasteiger partial charge in [0.1, 0.15) is 0 Å². The fraction of sp³-hybridized carbons (Fsp3) is 0.550. The molecule has 0 bridgehead atoms. The second-order valence-electron chi connectivity index (χ2n) is 7.49. The van der Waals surface area contributed by atoms with Crippen molar-refractivity contribution in [2.75, 3.05) is 13.1 Å². The molecule has 3 heterocycles. The van der Waals surface area contributed by atoms with E-state index in [1.54, 1.807) is 6.20 Å². The lowest BCUT2D eigenvalue weighted by Crippen LogP contribution is -2.30. The van der Waals surface area contributed by atoms with Gasteiger partial charge in [-0.05, 0) is 55.6 Å². The summed E-state index contributed by atoms with van der Waals surface area (Å²) in [6.45, 7) is 4.78. The molecule has 2 aromatic heterocycles. The van der Waals surface area contributed by atoms with E-state index in [-0.39, 0.29) is 5.91 Å². The maximum Gasteiger partial charge on any atom is 0.257 e. The van der Waals surface area contributed by atoms with E-state index in [1.165, 1.54) is 18.5 Å². The van der Waals surface area contributed by atoms with E-state index in [2.05, 4.69) is 29.1 Å². The number of carbonyl (C=O) groups is 1. The van der Waals surface area contributed by atoms with Crippen LogP contribution in [0, 0.1) is 17.8 Å². The van der Waals surface area contributed by atoms with Crippen LogP contribution in [0.5, 0.6) is 0 Å². The maximum atomic E-state index is 12.8. The number of aryl methyl sites for hydroxylation is 1. The van der Waals surface area contributed by atoms with Gasteiger partial charge in [0.15, 0.2) is 0 Å². The normalized spacial score (nSPS) is 25.3. The predicted molar refractivity (Wildman–Crippen MR) is 96.1 cm³/mol. The first-order valence-corrected chi connectivity index (χ1v) is 9.46. The Morgan fingerprint density at radius 2 is 2.20 bits per heavy atom. The number of rotatable bonds is 5. The molecule has 5 nitrogen and oxygen atoms in total. The fourth-order valence-electron chi connectivity index (χ4n) is 4.59. The molecule has 0 N–H and O–H groups in total. The molecule has 0 spiro atoms. The van der Waals surface area contributed by atoms with E-state index < -0.39 is 0 Å². The van der Waals surface area contributed by atoms with Gasteiger partial charge in [-0.1, -0.05) is 13.0 Å². The average molecular weight is 338 g/mol. The molecule has 1 aliphatic heterocycles. The number of nitrogens with zero attached hydrogens (tertiary/aromatic N) is 4. The predicted octanol–water partition coefficient (Wildman–Crippen LogP) is 3.03. The van der Waals surface area contributed by atoms with Crippen LogP contribution in [-0.4, -0.2) is 38.7 Å². The molecule has 132 valence electrons. The summed E-state index contributed by atoms with van der Waals surface area (Å²) in [6.07, 6.45) is 10.1. The van der Waals surface area contributed by atoms with E-state index in [0.717, 1.165) is 38.0 Å². The summed E-state index contributed by atoms with van der Waals surface area (Å²) in [5.74, 6) is 2.08. The first-order chi connectivity index (χ1) is 12.2. The zero-order chi connectivity index (χ0) is 17.2. The highest BCUT2D eigenvalue weighted by molar-refractivity contribution is 5.94. The second-order valence-corrected chi connectivity index (χ2v) is 7.49. The maximum absolute atomic E-state index is 12.8. The number of fused-ring (bicyclic) bond motifs is 1. The molecule has 1 saturated carbocycles. The molecule has 1 amide bonds. The quantitative estimate of drug-likeness (QED) is 0.842. The smallest absolute Gasteiger partial charge is 0.257 e. The topological polar surface area (TPSA) is 51.0 Å². The van der Waals surface area contributed by atoms with Crippen LogP contribution in [-0.2, 0) is 13.0 Å². The summed E-state index contributed by atoms with van der Waals surface area (Å²) < 4.78 is 1.87. The minimum atomic E-state index is 0.147. The van der Waals surface area contributed by atoms with Crippen molar-refractivity contribution < 1.29 is 4.79 Å². The highest BCUT2D eigenvalue weighted by Crippen LogP contribution is 2.43. The van der Waals surface area contributed by atoms with Crippen molar-refractivity contribution in [3.05, 3.63) is 48.0 Å². The minimum absolute atomic E-state index is 0.147. The van der Waals surface area contributed by atoms with Gasteiger partial charge in [0, 0.05) is 37.7 Å². The Morgan fingerprint density at radius 3 is 3.00 bits per heavy atom. The lowest BCUT2D eigenvalue weighted by molar-refractivity contribution is 0.0776. The van der Waals surface area contributed by atoms with Crippen LogP contribution in [0.1, 0.15) is 42.2 Å². The molecular weight excluding hydrogens is 312 g/mol. The zero-order valence-electron chi connectivity index (χ0n) is 14.8. The molecular formula is C20H26N4O. The summed E-state index contributed by atoms with van der Waals surface area (Å²) in [5.41, 5.74) is 1.91. The molecule has 1 saturated heterocycles. The Hall–Kier alpha value is -2.17. The molecule has 5 heteroatoms. The Kier molecular flexibility index (Phi) is 4.55. The number of pyridine rings is 1. The molecule has 2 aromatic rings. The molecule has 3 atom stereocenters. The summed E-state index contributed by atoms with van der Waals surface area (Å²) in [6, 6.07) is 6.15. The molecule has 0 radical (unpaired) electrons. The Balaban J connectivity index is 1.41. The molecule has 4 rings (SSSR count). The second kappa shape index (κ2) is 6.98. The van der Waals surface area contributed by atoms with Crippen LogP contribution < -0.4 is 0 Å². The van der Waals surface area contributed by atoms with Gasteiger partial charge in [-0.2, -0.15) is 5.10 Å². The molecule has 0 aromatic carbocycles. The largest absolute Gasteiger partial charge is 0.338 e. The molecule has 0 unspecified atom stereocenters. The summed E-state index contributed by atoms with van der Waals surface area (Å²) in [7, 11) is 0. The van der Waals surface area contributed by atoms with Crippen LogP contribution in [0.25, 0.3) is 0 Å². The van der Waals surface area contributed by atoms with E-state index in [1.807, 2.05) is 28.0 Å². The van der Waals surface area contributed by atoms with Crippen LogP contribution in [0.15, 0.2) is 36.8 Å². The highest BCUT2D eigenvalue weighted by Gasteiger charge is 2.44. The number of hydrogen-bond acceptors (Lipinski definition) is 3. The Bertz CT molecular complexity index is 726. The number of aromatic nitrogens is 3. The number of likely N-dealkylation sites (tertiary alicyclic amines) is 1. The van der Waals surface area contributed by atoms with Crippen molar-refractivity contribution in [1.29, 1.82) is 0 Å². The number of hydrogen-bond donors (Lipinski definition) is 0. The van der Waals surface area contributed by atoms with Gasteiger partial charge in [0.2, 0.25) is 0 Å². The first kappa shape index (κ1) is 16.3. The Labute approximate surface area is 149 Å². The first-order valence-electron chi connectivity index (χ1n) is 9.46. The third kappa shape index (κ3) is 3.32. The fourth-order valence-corrected chi connectivity index (χ4v) is 4.59. The molecule has 2 fully saturated rings. The molecule has 25 heavy (non-hydrogen) atoms. The standard InChI is InChI=1S/C20H26N4O/c1-2-9-24-13-17(11-22-24)20(25)23-12-16-7-6-15(19(16)14-23)10-18-5-3-4-8-21-18/h3-5,8,11,13,15-16,19H,2,6-7,9-10,12,14H2,1H3/t15-,16-,19-/m1/s1. The van der Waals surface area contributed by atoms with E-state index in [0.29, 0.717) is 17.8 Å². The van der Waals surface area contributed by atoms with Crippen molar-refractivity contribution in [3.63, 3.8) is 0 Å². The Morgan fingerprint density at radius 1 is 1.28 bits per heavy atom. The van der Waals surface area contributed by atoms with Gasteiger partial charge in [-0.15, -0.1) is 0 Å². The van der Waals surface area contributed by atoms with Crippen LogP contribution >= 0.6 is 0 Å². The van der Waals surface area contributed by atoms with Gasteiger partial charge in [-0.3, -0.25) is 14.5 Å². The summed E-state index contributed by atoms with van der Waals surface area (Å²) >= 11 is 0. The van der Waals surface area contributed by atoms with Crippen molar-refractivity contribution in [1.82, 2.24) is 19.7 Å². The monoisotopic (exact) mass is 338 g/mol. The lowest BCUT2D eigenvalue weighted by atomic mass is 9.89. The zero-order valence-corrected chi connectivity index (χ0v) is 14.8. The summed E-state index contributed by atoms with van der Waals surface area (Å²) in [4.78, 5) is 19.4. The van der Waals surface area contributed by atoms with Gasteiger partial charge in [-0.25, -0.2) is 0 Å². The average Bonchev–Trinajstić information content (AvgIpc) is 3.33. The summed E-state index contributed by atoms with van der Waals surface area (Å²) in [5, 5.41) is 4.30. The van der Waals surface area contributed by atoms with E-state index in [9.17, 15) is 4.79 Å². The van der Waals surface area contributed by atoms with Crippen molar-refractivity contribution in [2.45, 2.75) is 39.2 Å². The number of amides is 1. The van der Waals surface area contributed by atoms with E-state index >= 15 is 0 Å². The van der Waals surface area contributed by atoms with Crippen LogP contribution in [0.2, 0.25) is 0 Å². The van der Waals surface area contributed by atoms with Gasteiger partial charge in [0.25, 0.3) is 5.91 Å². The van der Waals surface area contributed by atoms with Gasteiger partial charge >= 0.3 is 0 Å². The van der Waals surface area contributed by atoms with Gasteiger partial charge < -0.3 is 4.90 Å². The third-order valence-corrected chi connectivity index (χ3v) is 5.82. The van der Waals surface area contributed by atoms with Crippen LogP contribution in [0.4, 0.5) is 0 Å². The molecule has 2 aliphatic rings. The van der Waals surface area contributed by atoms with Crippen LogP contribution in [0.3, 0.4) is 0 Å². The van der Waals surface area contributed by atoms with Crippen molar-refractivity contribution >= 4 is 5.91 Å². The molecule has 1 aliphatic carbocycles. The lowest BCUT2D eigenvalue weighted by Gasteiger charge is -2.20. The highest BCUT2D eigenvalue weighted by atomic mass is 16.2. The third-order valence-electron chi connectivity index (χ3n) is 5.82. The van der Waals surface area contributed by atoms with Gasteiger partial charge in [0.05, 0.1) is 11.8 Å². The van der Waals surface area contributed by atoms with E-state index in [4.69, 9.17) is 0 Å². The number of carbonyl (C=O) groups excluding carboxylic acids is 1. The van der Waals surface area contributed by atoms with Crippen molar-refractivity contribution in [3.8, 4) is 0 Å². The SMILES string of the molecule is CCCn1cc(C(=O)N2C[C@H]3CC[C@H](Cc4ccccn4)[C@H]3C2)cn1. The van der Waals surface area contributed by atoms with Crippen molar-refractivity contribution in [2.24, 2.45) is 17.8 Å².